The molecule has 1 heterocycles. The number of ether oxygens (including phenoxy) is 1. The van der Waals surface area contributed by atoms with E-state index in [4.69, 9.17) is 4.74 Å². The Hall–Kier alpha value is -2.54. The first-order valence-corrected chi connectivity index (χ1v) is 6.84. The van der Waals surface area contributed by atoms with E-state index in [1.165, 1.54) is 27.5 Å². The van der Waals surface area contributed by atoms with Gasteiger partial charge in [0, 0.05) is 5.56 Å². The van der Waals surface area contributed by atoms with E-state index >= 15 is 0 Å². The normalized spacial score (nSPS) is 13.0. The van der Waals surface area contributed by atoms with Gasteiger partial charge in [-0.05, 0) is 34.0 Å². The molecule has 3 aromatic carbocycles. The monoisotopic (exact) mass is 258 g/mol. The van der Waals surface area contributed by atoms with Crippen LogP contribution in [0.3, 0.4) is 0 Å². The van der Waals surface area contributed by atoms with Crippen molar-refractivity contribution in [3.63, 3.8) is 0 Å². The highest BCUT2D eigenvalue weighted by atomic mass is 16.5. The number of fused-ring (bicyclic) bond motifs is 2. The molecule has 1 aliphatic heterocycles. The van der Waals surface area contributed by atoms with E-state index in [0.29, 0.717) is 6.61 Å². The lowest BCUT2D eigenvalue weighted by molar-refractivity contribution is 0.359. The van der Waals surface area contributed by atoms with Gasteiger partial charge in [-0.25, -0.2) is 0 Å². The highest BCUT2D eigenvalue weighted by Gasteiger charge is 2.13. The van der Waals surface area contributed by atoms with E-state index < -0.39 is 0 Å². The minimum atomic E-state index is 0.659. The zero-order valence-corrected chi connectivity index (χ0v) is 11.0. The van der Waals surface area contributed by atoms with Crippen LogP contribution in [-0.2, 0) is 0 Å². The van der Waals surface area contributed by atoms with Gasteiger partial charge in [0.25, 0.3) is 0 Å². The number of rotatable bonds is 1. The third-order valence-corrected chi connectivity index (χ3v) is 3.77. The Kier molecular flexibility index (Phi) is 2.56. The Balaban J connectivity index is 2.04. The maximum absolute atomic E-state index is 5.71. The van der Waals surface area contributed by atoms with Crippen LogP contribution in [0.5, 0.6) is 5.75 Å². The summed E-state index contributed by atoms with van der Waals surface area (Å²) in [6.07, 6.45) is 4.23. The maximum Gasteiger partial charge on any atom is 0.127 e. The minimum absolute atomic E-state index is 0.659. The van der Waals surface area contributed by atoms with E-state index in [0.717, 1.165) is 5.75 Å². The molecule has 0 atom stereocenters. The second-order valence-corrected chi connectivity index (χ2v) is 4.96. The van der Waals surface area contributed by atoms with Gasteiger partial charge in [-0.2, -0.15) is 0 Å². The van der Waals surface area contributed by atoms with E-state index in [-0.39, 0.29) is 0 Å². The van der Waals surface area contributed by atoms with Crippen LogP contribution in [0.4, 0.5) is 0 Å². The van der Waals surface area contributed by atoms with E-state index in [2.05, 4.69) is 66.7 Å². The first-order chi connectivity index (χ1) is 9.93. The Labute approximate surface area is 118 Å². The lowest BCUT2D eigenvalue weighted by Gasteiger charge is -2.17. The second-order valence-electron chi connectivity index (χ2n) is 4.96. The molecule has 0 unspecified atom stereocenters. The molecule has 0 saturated carbocycles. The smallest absolute Gasteiger partial charge is 0.127 e. The molecule has 0 N–H and O–H groups in total. The molecule has 1 heteroatoms. The largest absolute Gasteiger partial charge is 0.489 e. The molecule has 0 amide bonds. The summed E-state index contributed by atoms with van der Waals surface area (Å²) in [5.41, 5.74) is 3.67. The standard InChI is InChI=1S/C19H14O/c1-2-8-15-14(6-1)7-3-9-16(15)17-10-4-12-19-18(17)11-5-13-20-19/h1-12H,13H2. The average molecular weight is 258 g/mol. The maximum atomic E-state index is 5.71. The van der Waals surface area contributed by atoms with Crippen LogP contribution in [0.25, 0.3) is 28.0 Å². The summed E-state index contributed by atoms with van der Waals surface area (Å²) in [4.78, 5) is 0. The third-order valence-electron chi connectivity index (χ3n) is 3.77. The molecule has 3 aromatic rings. The molecule has 0 aromatic heterocycles. The molecule has 4 rings (SSSR count). The fourth-order valence-electron chi connectivity index (χ4n) is 2.84. The predicted octanol–water partition coefficient (Wildman–Crippen LogP) is 4.91. The van der Waals surface area contributed by atoms with Gasteiger partial charge in [-0.1, -0.05) is 60.7 Å². The first kappa shape index (κ1) is 11.3. The molecule has 0 radical (unpaired) electrons. The number of hydrogen-bond acceptors (Lipinski definition) is 1. The SMILES string of the molecule is C1=Cc2c(cccc2-c2cccc3ccccc23)OC1. The van der Waals surface area contributed by atoms with Crippen LogP contribution >= 0.6 is 0 Å². The van der Waals surface area contributed by atoms with Gasteiger partial charge in [0.15, 0.2) is 0 Å². The van der Waals surface area contributed by atoms with Crippen molar-refractivity contribution in [3.8, 4) is 16.9 Å². The quantitative estimate of drug-likeness (QED) is 0.602. The van der Waals surface area contributed by atoms with Crippen molar-refractivity contribution in [2.45, 2.75) is 0 Å². The Morgan fingerprint density at radius 2 is 1.55 bits per heavy atom. The lowest BCUT2D eigenvalue weighted by Crippen LogP contribution is -2.01. The predicted molar refractivity (Wildman–Crippen MR) is 83.9 cm³/mol. The van der Waals surface area contributed by atoms with Crippen molar-refractivity contribution in [2.24, 2.45) is 0 Å². The van der Waals surface area contributed by atoms with Gasteiger partial charge in [-0.15, -0.1) is 0 Å². The molecular formula is C19H14O. The summed E-state index contributed by atoms with van der Waals surface area (Å²) >= 11 is 0. The molecule has 1 aliphatic rings. The van der Waals surface area contributed by atoms with Crippen molar-refractivity contribution in [3.05, 3.63) is 72.3 Å². The molecule has 96 valence electrons. The van der Waals surface area contributed by atoms with Gasteiger partial charge < -0.3 is 4.74 Å². The molecule has 0 spiro atoms. The zero-order chi connectivity index (χ0) is 13.4. The molecule has 0 aliphatic carbocycles. The fraction of sp³-hybridized carbons (Fsp3) is 0.0526. The molecule has 20 heavy (non-hydrogen) atoms. The van der Waals surface area contributed by atoms with E-state index in [1.54, 1.807) is 0 Å². The first-order valence-electron chi connectivity index (χ1n) is 6.84. The van der Waals surface area contributed by atoms with Crippen LogP contribution in [0.1, 0.15) is 5.56 Å². The van der Waals surface area contributed by atoms with Crippen molar-refractivity contribution >= 4 is 16.8 Å². The molecule has 0 saturated heterocycles. The van der Waals surface area contributed by atoms with Crippen LogP contribution in [0, 0.1) is 0 Å². The van der Waals surface area contributed by atoms with Crippen molar-refractivity contribution in [1.82, 2.24) is 0 Å². The average Bonchev–Trinajstić information content (AvgIpc) is 2.54. The molecule has 0 bridgehead atoms. The van der Waals surface area contributed by atoms with Gasteiger partial charge in [-0.3, -0.25) is 0 Å². The number of benzene rings is 3. The van der Waals surface area contributed by atoms with Gasteiger partial charge in [0.1, 0.15) is 12.4 Å². The molecular weight excluding hydrogens is 244 g/mol. The lowest BCUT2D eigenvalue weighted by atomic mass is 9.93. The van der Waals surface area contributed by atoms with Crippen LogP contribution in [0.15, 0.2) is 66.7 Å². The summed E-state index contributed by atoms with van der Waals surface area (Å²) in [7, 11) is 0. The van der Waals surface area contributed by atoms with E-state index in [1.807, 2.05) is 6.07 Å². The van der Waals surface area contributed by atoms with Crippen molar-refractivity contribution in [2.75, 3.05) is 6.61 Å². The summed E-state index contributed by atoms with van der Waals surface area (Å²) < 4.78 is 5.71. The third kappa shape index (κ3) is 1.71. The number of hydrogen-bond donors (Lipinski definition) is 0. The van der Waals surface area contributed by atoms with Crippen LogP contribution in [-0.4, -0.2) is 6.61 Å². The van der Waals surface area contributed by atoms with Gasteiger partial charge in [0.05, 0.1) is 0 Å². The summed E-state index contributed by atoms with van der Waals surface area (Å²) in [5.74, 6) is 0.970. The van der Waals surface area contributed by atoms with E-state index in [9.17, 15) is 0 Å². The summed E-state index contributed by atoms with van der Waals surface area (Å²) in [5, 5.41) is 2.55. The Bertz CT molecular complexity index is 810. The Morgan fingerprint density at radius 1 is 0.750 bits per heavy atom. The van der Waals surface area contributed by atoms with Crippen molar-refractivity contribution in [1.29, 1.82) is 0 Å². The van der Waals surface area contributed by atoms with Crippen LogP contribution < -0.4 is 4.74 Å². The second kappa shape index (κ2) is 4.53. The molecule has 1 nitrogen and oxygen atoms in total. The summed E-state index contributed by atoms with van der Waals surface area (Å²) in [6.45, 7) is 0.659. The Morgan fingerprint density at radius 3 is 2.55 bits per heavy atom. The topological polar surface area (TPSA) is 9.23 Å². The highest BCUT2D eigenvalue weighted by molar-refractivity contribution is 5.99. The zero-order valence-electron chi connectivity index (χ0n) is 11.0. The molecule has 0 fully saturated rings. The summed E-state index contributed by atoms with van der Waals surface area (Å²) in [6, 6.07) is 21.2. The minimum Gasteiger partial charge on any atom is -0.489 e. The fourth-order valence-corrected chi connectivity index (χ4v) is 2.84. The van der Waals surface area contributed by atoms with Gasteiger partial charge >= 0.3 is 0 Å². The highest BCUT2D eigenvalue weighted by Crippen LogP contribution is 2.36. The van der Waals surface area contributed by atoms with Gasteiger partial charge in [0.2, 0.25) is 0 Å². The van der Waals surface area contributed by atoms with Crippen molar-refractivity contribution < 1.29 is 4.74 Å². The van der Waals surface area contributed by atoms with Crippen LogP contribution in [0.2, 0.25) is 0 Å².